The second-order valence-corrected chi connectivity index (χ2v) is 5.32. The van der Waals surface area contributed by atoms with Crippen LogP contribution in [-0.2, 0) is 4.79 Å². The third-order valence-corrected chi connectivity index (χ3v) is 3.90. The second-order valence-electron chi connectivity index (χ2n) is 5.32. The number of nitrogens with zero attached hydrogens (tertiary/aromatic N) is 1. The lowest BCUT2D eigenvalue weighted by atomic mass is 10.0. The van der Waals surface area contributed by atoms with Gasteiger partial charge in [-0.05, 0) is 50.0 Å². The first-order valence-corrected chi connectivity index (χ1v) is 7.12. The van der Waals surface area contributed by atoms with Crippen molar-refractivity contribution < 1.29 is 14.3 Å². The lowest BCUT2D eigenvalue weighted by Crippen LogP contribution is -2.41. The number of benzene rings is 1. The molecule has 0 aliphatic carbocycles. The maximum absolute atomic E-state index is 12.2. The van der Waals surface area contributed by atoms with E-state index in [-0.39, 0.29) is 12.7 Å². The number of amides is 1. The molecule has 106 valence electrons. The third-order valence-electron chi connectivity index (χ3n) is 3.90. The van der Waals surface area contributed by atoms with Crippen molar-refractivity contribution in [1.29, 1.82) is 0 Å². The zero-order valence-corrected chi connectivity index (χ0v) is 11.7. The van der Waals surface area contributed by atoms with Gasteiger partial charge in [-0.1, -0.05) is 6.07 Å². The van der Waals surface area contributed by atoms with Gasteiger partial charge in [-0.25, -0.2) is 0 Å². The molecule has 20 heavy (non-hydrogen) atoms. The normalized spacial score (nSPS) is 21.4. The van der Waals surface area contributed by atoms with Gasteiger partial charge in [0.05, 0.1) is 0 Å². The summed E-state index contributed by atoms with van der Waals surface area (Å²) in [4.78, 5) is 14.2. The van der Waals surface area contributed by atoms with Crippen molar-refractivity contribution in [2.75, 3.05) is 13.3 Å². The van der Waals surface area contributed by atoms with E-state index < -0.39 is 0 Å². The van der Waals surface area contributed by atoms with Crippen LogP contribution in [0, 0.1) is 0 Å². The zero-order chi connectivity index (χ0) is 13.9. The number of likely N-dealkylation sites (tertiary alicyclic amines) is 1. The molecule has 0 spiro atoms. The van der Waals surface area contributed by atoms with E-state index in [0.29, 0.717) is 6.04 Å². The van der Waals surface area contributed by atoms with Crippen LogP contribution in [0.5, 0.6) is 11.5 Å². The summed E-state index contributed by atoms with van der Waals surface area (Å²) in [6, 6.07) is 6.04. The Balaban J connectivity index is 1.68. The Morgan fingerprint density at radius 2 is 2.15 bits per heavy atom. The minimum Gasteiger partial charge on any atom is -0.454 e. The highest BCUT2D eigenvalue weighted by Crippen LogP contribution is 2.32. The first-order valence-electron chi connectivity index (χ1n) is 7.12. The molecule has 4 nitrogen and oxygen atoms in total. The Morgan fingerprint density at radius 3 is 3.00 bits per heavy atom. The fourth-order valence-corrected chi connectivity index (χ4v) is 2.71. The number of hydrogen-bond donors (Lipinski definition) is 0. The van der Waals surface area contributed by atoms with Crippen LogP contribution in [0.25, 0.3) is 6.08 Å². The molecule has 0 bridgehead atoms. The molecule has 1 amide bonds. The smallest absolute Gasteiger partial charge is 0.246 e. The summed E-state index contributed by atoms with van der Waals surface area (Å²) < 4.78 is 10.6. The minimum absolute atomic E-state index is 0.0925. The summed E-state index contributed by atoms with van der Waals surface area (Å²) in [6.07, 6.45) is 6.92. The summed E-state index contributed by atoms with van der Waals surface area (Å²) in [5.74, 6) is 1.60. The Hall–Kier alpha value is -1.97. The van der Waals surface area contributed by atoms with Crippen LogP contribution in [-0.4, -0.2) is 30.2 Å². The fraction of sp³-hybridized carbons (Fsp3) is 0.438. The van der Waals surface area contributed by atoms with E-state index in [1.165, 1.54) is 6.42 Å². The lowest BCUT2D eigenvalue weighted by molar-refractivity contribution is -0.129. The van der Waals surface area contributed by atoms with E-state index in [1.807, 2.05) is 29.2 Å². The van der Waals surface area contributed by atoms with Crippen molar-refractivity contribution in [2.24, 2.45) is 0 Å². The van der Waals surface area contributed by atoms with Gasteiger partial charge in [0, 0.05) is 18.7 Å². The van der Waals surface area contributed by atoms with Gasteiger partial charge in [0.2, 0.25) is 12.7 Å². The average Bonchev–Trinajstić information content (AvgIpc) is 2.92. The van der Waals surface area contributed by atoms with Gasteiger partial charge < -0.3 is 14.4 Å². The molecular weight excluding hydrogens is 254 g/mol. The molecular formula is C16H19NO3. The molecule has 1 fully saturated rings. The summed E-state index contributed by atoms with van der Waals surface area (Å²) in [5.41, 5.74) is 0.951. The van der Waals surface area contributed by atoms with E-state index in [4.69, 9.17) is 9.47 Å². The number of hydrogen-bond acceptors (Lipinski definition) is 3. The Morgan fingerprint density at radius 1 is 1.30 bits per heavy atom. The van der Waals surface area contributed by atoms with Crippen molar-refractivity contribution in [3.63, 3.8) is 0 Å². The van der Waals surface area contributed by atoms with Crippen LogP contribution >= 0.6 is 0 Å². The lowest BCUT2D eigenvalue weighted by Gasteiger charge is -2.32. The van der Waals surface area contributed by atoms with E-state index in [2.05, 4.69) is 6.92 Å². The molecule has 0 N–H and O–H groups in total. The molecule has 2 aliphatic rings. The molecule has 1 aromatic rings. The largest absolute Gasteiger partial charge is 0.454 e. The maximum atomic E-state index is 12.2. The number of piperidine rings is 1. The van der Waals surface area contributed by atoms with Crippen molar-refractivity contribution in [2.45, 2.75) is 32.2 Å². The minimum atomic E-state index is 0.0925. The van der Waals surface area contributed by atoms with Gasteiger partial charge in [0.1, 0.15) is 0 Å². The first-order chi connectivity index (χ1) is 9.74. The molecule has 1 unspecified atom stereocenters. The SMILES string of the molecule is CC1CCCCN1C(=O)/C=C/c1ccc2c(c1)OCO2. The van der Waals surface area contributed by atoms with Crippen LogP contribution in [0.3, 0.4) is 0 Å². The van der Waals surface area contributed by atoms with Gasteiger partial charge in [-0.2, -0.15) is 0 Å². The number of carbonyl (C=O) groups excluding carboxylic acids is 1. The Bertz CT molecular complexity index is 539. The molecule has 2 aliphatic heterocycles. The van der Waals surface area contributed by atoms with Crippen LogP contribution in [0.15, 0.2) is 24.3 Å². The molecule has 0 aromatic heterocycles. The van der Waals surface area contributed by atoms with Gasteiger partial charge in [-0.15, -0.1) is 0 Å². The third kappa shape index (κ3) is 2.64. The Labute approximate surface area is 119 Å². The number of fused-ring (bicyclic) bond motifs is 1. The Kier molecular flexibility index (Phi) is 3.63. The molecule has 1 aromatic carbocycles. The van der Waals surface area contributed by atoms with Crippen molar-refractivity contribution in [1.82, 2.24) is 4.90 Å². The predicted octanol–water partition coefficient (Wildman–Crippen LogP) is 2.83. The van der Waals surface area contributed by atoms with Crippen LogP contribution in [0.1, 0.15) is 31.7 Å². The highest BCUT2D eigenvalue weighted by Gasteiger charge is 2.21. The van der Waals surface area contributed by atoms with Gasteiger partial charge in [0.25, 0.3) is 0 Å². The zero-order valence-electron chi connectivity index (χ0n) is 11.7. The van der Waals surface area contributed by atoms with Gasteiger partial charge in [-0.3, -0.25) is 4.79 Å². The van der Waals surface area contributed by atoms with Crippen LogP contribution in [0.4, 0.5) is 0 Å². The second kappa shape index (κ2) is 5.57. The maximum Gasteiger partial charge on any atom is 0.246 e. The van der Waals surface area contributed by atoms with E-state index in [1.54, 1.807) is 6.08 Å². The number of carbonyl (C=O) groups is 1. The molecule has 3 rings (SSSR count). The summed E-state index contributed by atoms with van der Waals surface area (Å²) >= 11 is 0. The number of ether oxygens (including phenoxy) is 2. The fourth-order valence-electron chi connectivity index (χ4n) is 2.71. The monoisotopic (exact) mass is 273 g/mol. The predicted molar refractivity (Wildman–Crippen MR) is 76.6 cm³/mol. The standard InChI is InChI=1S/C16H19NO3/c1-12-4-2-3-9-17(12)16(18)8-6-13-5-7-14-15(10-13)20-11-19-14/h5-8,10,12H,2-4,9,11H2,1H3/b8-6+. The van der Waals surface area contributed by atoms with E-state index in [0.717, 1.165) is 36.4 Å². The molecule has 1 atom stereocenters. The van der Waals surface area contributed by atoms with Gasteiger partial charge >= 0.3 is 0 Å². The van der Waals surface area contributed by atoms with Crippen molar-refractivity contribution in [3.05, 3.63) is 29.8 Å². The highest BCUT2D eigenvalue weighted by atomic mass is 16.7. The van der Waals surface area contributed by atoms with Crippen molar-refractivity contribution >= 4 is 12.0 Å². The average molecular weight is 273 g/mol. The van der Waals surface area contributed by atoms with Crippen molar-refractivity contribution in [3.8, 4) is 11.5 Å². The molecule has 0 saturated carbocycles. The first kappa shape index (κ1) is 13.0. The number of rotatable bonds is 2. The quantitative estimate of drug-likeness (QED) is 0.778. The summed E-state index contributed by atoms with van der Waals surface area (Å²) in [5, 5.41) is 0. The van der Waals surface area contributed by atoms with Gasteiger partial charge in [0.15, 0.2) is 11.5 Å². The highest BCUT2D eigenvalue weighted by molar-refractivity contribution is 5.92. The summed E-state index contributed by atoms with van der Waals surface area (Å²) in [6.45, 7) is 3.25. The summed E-state index contributed by atoms with van der Waals surface area (Å²) in [7, 11) is 0. The van der Waals surface area contributed by atoms with E-state index in [9.17, 15) is 4.79 Å². The molecule has 4 heteroatoms. The van der Waals surface area contributed by atoms with Crippen LogP contribution < -0.4 is 9.47 Å². The van der Waals surface area contributed by atoms with E-state index >= 15 is 0 Å². The molecule has 1 saturated heterocycles. The molecule has 2 heterocycles. The molecule has 0 radical (unpaired) electrons. The van der Waals surface area contributed by atoms with Crippen LogP contribution in [0.2, 0.25) is 0 Å². The topological polar surface area (TPSA) is 38.8 Å².